The Morgan fingerprint density at radius 1 is 1.40 bits per heavy atom. The molecule has 0 saturated heterocycles. The van der Waals surface area contributed by atoms with Gasteiger partial charge in [0.15, 0.2) is 0 Å². The standard InChI is InChI=1S/C10H9NO3S/c1-2-3-10(12)15-9-6-4-8(5-7-9)11(13)14/h2-7H,1H3/b3-2+. The van der Waals surface area contributed by atoms with Gasteiger partial charge in [-0.15, -0.1) is 0 Å². The molecule has 78 valence electrons. The summed E-state index contributed by atoms with van der Waals surface area (Å²) in [4.78, 5) is 21.8. The predicted octanol–water partition coefficient (Wildman–Crippen LogP) is 2.79. The maximum absolute atomic E-state index is 11.2. The van der Waals surface area contributed by atoms with Gasteiger partial charge in [0.05, 0.1) is 4.92 Å². The van der Waals surface area contributed by atoms with Crippen molar-refractivity contribution >= 4 is 22.6 Å². The minimum absolute atomic E-state index is 0.0258. The summed E-state index contributed by atoms with van der Waals surface area (Å²) in [6.45, 7) is 1.76. The van der Waals surface area contributed by atoms with Crippen molar-refractivity contribution in [3.8, 4) is 0 Å². The summed E-state index contributed by atoms with van der Waals surface area (Å²) in [6, 6.07) is 5.88. The van der Waals surface area contributed by atoms with Crippen LogP contribution in [0.2, 0.25) is 0 Å². The largest absolute Gasteiger partial charge is 0.282 e. The highest BCUT2D eigenvalue weighted by molar-refractivity contribution is 8.14. The number of hydrogen-bond donors (Lipinski definition) is 0. The Morgan fingerprint density at radius 3 is 2.47 bits per heavy atom. The van der Waals surface area contributed by atoms with E-state index in [-0.39, 0.29) is 10.8 Å². The average molecular weight is 223 g/mol. The van der Waals surface area contributed by atoms with Crippen LogP contribution in [0.3, 0.4) is 0 Å². The van der Waals surface area contributed by atoms with Gasteiger partial charge < -0.3 is 0 Å². The lowest BCUT2D eigenvalue weighted by Crippen LogP contribution is -1.88. The van der Waals surface area contributed by atoms with Crippen LogP contribution < -0.4 is 0 Å². The van der Waals surface area contributed by atoms with E-state index in [9.17, 15) is 14.9 Å². The number of hydrogen-bond acceptors (Lipinski definition) is 4. The zero-order valence-electron chi connectivity index (χ0n) is 8.04. The first-order valence-corrected chi connectivity index (χ1v) is 5.04. The number of allylic oxidation sites excluding steroid dienone is 1. The molecule has 0 heterocycles. The van der Waals surface area contributed by atoms with E-state index in [4.69, 9.17) is 0 Å². The minimum Gasteiger partial charge on any atom is -0.282 e. The molecule has 1 aromatic rings. The Labute approximate surface area is 91.1 Å². The molecule has 0 bridgehead atoms. The molecule has 0 spiro atoms. The van der Waals surface area contributed by atoms with Crippen molar-refractivity contribution in [3.63, 3.8) is 0 Å². The van der Waals surface area contributed by atoms with Crippen molar-refractivity contribution in [1.82, 2.24) is 0 Å². The van der Waals surface area contributed by atoms with E-state index < -0.39 is 4.92 Å². The number of nitro benzene ring substituents is 1. The zero-order chi connectivity index (χ0) is 11.3. The van der Waals surface area contributed by atoms with Crippen molar-refractivity contribution in [1.29, 1.82) is 0 Å². The molecule has 0 N–H and O–H groups in total. The van der Waals surface area contributed by atoms with Crippen LogP contribution in [-0.4, -0.2) is 10.0 Å². The topological polar surface area (TPSA) is 60.2 Å². The summed E-state index contributed by atoms with van der Waals surface area (Å²) in [5.74, 6) is 0. The number of carbonyl (C=O) groups is 1. The maximum Gasteiger partial charge on any atom is 0.269 e. The van der Waals surface area contributed by atoms with Crippen molar-refractivity contribution in [2.24, 2.45) is 0 Å². The van der Waals surface area contributed by atoms with Crippen molar-refractivity contribution in [2.75, 3.05) is 0 Å². The number of benzene rings is 1. The molecular formula is C10H9NO3S. The highest BCUT2D eigenvalue weighted by atomic mass is 32.2. The lowest BCUT2D eigenvalue weighted by atomic mass is 10.3. The molecule has 0 amide bonds. The quantitative estimate of drug-likeness (QED) is 0.342. The van der Waals surface area contributed by atoms with E-state index in [1.165, 1.54) is 18.2 Å². The lowest BCUT2D eigenvalue weighted by molar-refractivity contribution is -0.384. The van der Waals surface area contributed by atoms with Gasteiger partial charge >= 0.3 is 0 Å². The monoisotopic (exact) mass is 223 g/mol. The Bertz CT molecular complexity index is 398. The molecule has 0 aliphatic heterocycles. The molecule has 4 nitrogen and oxygen atoms in total. The molecule has 0 aliphatic rings. The lowest BCUT2D eigenvalue weighted by Gasteiger charge is -1.96. The fourth-order valence-corrected chi connectivity index (χ4v) is 1.63. The van der Waals surface area contributed by atoms with Crippen LogP contribution in [0, 0.1) is 10.1 Å². The summed E-state index contributed by atoms with van der Waals surface area (Å²) >= 11 is 1.04. The highest BCUT2D eigenvalue weighted by Crippen LogP contribution is 2.22. The summed E-state index contributed by atoms with van der Waals surface area (Å²) < 4.78 is 0. The molecule has 0 unspecified atom stereocenters. The molecule has 0 atom stereocenters. The van der Waals surface area contributed by atoms with Crippen LogP contribution in [0.15, 0.2) is 41.3 Å². The fraction of sp³-hybridized carbons (Fsp3) is 0.100. The van der Waals surface area contributed by atoms with Gasteiger partial charge in [-0.2, -0.15) is 0 Å². The summed E-state index contributed by atoms with van der Waals surface area (Å²) in [5.41, 5.74) is 0.0258. The van der Waals surface area contributed by atoms with Gasteiger partial charge in [0.1, 0.15) is 0 Å². The van der Waals surface area contributed by atoms with Gasteiger partial charge in [-0.05, 0) is 36.9 Å². The molecule has 0 radical (unpaired) electrons. The molecule has 0 fully saturated rings. The van der Waals surface area contributed by atoms with Crippen LogP contribution in [0.25, 0.3) is 0 Å². The number of nitro groups is 1. The SMILES string of the molecule is C/C=C/C(=O)Sc1ccc([N+](=O)[O-])cc1. The van der Waals surface area contributed by atoms with Gasteiger partial charge in [-0.25, -0.2) is 0 Å². The van der Waals surface area contributed by atoms with Crippen LogP contribution >= 0.6 is 11.8 Å². The number of nitrogens with zero attached hydrogens (tertiary/aromatic N) is 1. The van der Waals surface area contributed by atoms with E-state index in [1.807, 2.05) is 0 Å². The van der Waals surface area contributed by atoms with Gasteiger partial charge in [0.2, 0.25) is 5.12 Å². The third kappa shape index (κ3) is 3.55. The number of carbonyl (C=O) groups excluding carboxylic acids is 1. The Balaban J connectivity index is 2.72. The van der Waals surface area contributed by atoms with E-state index in [0.717, 1.165) is 11.8 Å². The summed E-state index contributed by atoms with van der Waals surface area (Å²) in [7, 11) is 0. The van der Waals surface area contributed by atoms with Crippen molar-refractivity contribution in [2.45, 2.75) is 11.8 Å². The van der Waals surface area contributed by atoms with Crippen LogP contribution in [-0.2, 0) is 4.79 Å². The van der Waals surface area contributed by atoms with E-state index in [2.05, 4.69) is 0 Å². The Morgan fingerprint density at radius 2 is 2.00 bits per heavy atom. The van der Waals surface area contributed by atoms with E-state index in [0.29, 0.717) is 4.90 Å². The van der Waals surface area contributed by atoms with Gasteiger partial charge in [0, 0.05) is 17.0 Å². The third-order valence-electron chi connectivity index (χ3n) is 1.57. The fourth-order valence-electron chi connectivity index (χ4n) is 0.922. The number of non-ortho nitro benzene ring substituents is 1. The van der Waals surface area contributed by atoms with Crippen molar-refractivity contribution in [3.05, 3.63) is 46.5 Å². The van der Waals surface area contributed by atoms with Crippen molar-refractivity contribution < 1.29 is 9.72 Å². The van der Waals surface area contributed by atoms with Crippen LogP contribution in [0.1, 0.15) is 6.92 Å². The first kappa shape index (κ1) is 11.5. The van der Waals surface area contributed by atoms with E-state index in [1.54, 1.807) is 25.1 Å². The molecule has 1 aromatic carbocycles. The summed E-state index contributed by atoms with van der Waals surface area (Å²) in [5, 5.41) is 10.3. The molecular weight excluding hydrogens is 214 g/mol. The van der Waals surface area contributed by atoms with Gasteiger partial charge in [0.25, 0.3) is 5.69 Å². The molecule has 15 heavy (non-hydrogen) atoms. The smallest absolute Gasteiger partial charge is 0.269 e. The maximum atomic E-state index is 11.2. The first-order chi connectivity index (χ1) is 7.13. The van der Waals surface area contributed by atoms with E-state index >= 15 is 0 Å². The first-order valence-electron chi connectivity index (χ1n) is 4.22. The summed E-state index contributed by atoms with van der Waals surface area (Å²) in [6.07, 6.45) is 3.10. The molecule has 5 heteroatoms. The van der Waals surface area contributed by atoms with Crippen LogP contribution in [0.4, 0.5) is 5.69 Å². The third-order valence-corrected chi connectivity index (χ3v) is 2.41. The average Bonchev–Trinajstić information content (AvgIpc) is 2.18. The second-order valence-electron chi connectivity index (χ2n) is 2.67. The molecule has 1 rings (SSSR count). The highest BCUT2D eigenvalue weighted by Gasteiger charge is 2.05. The normalized spacial score (nSPS) is 10.5. The Hall–Kier alpha value is -1.62. The molecule has 0 saturated carbocycles. The second-order valence-corrected chi connectivity index (χ2v) is 3.75. The van der Waals surface area contributed by atoms with Gasteiger partial charge in [-0.1, -0.05) is 6.08 Å². The number of thioether (sulfide) groups is 1. The zero-order valence-corrected chi connectivity index (χ0v) is 8.86. The van der Waals surface area contributed by atoms with Crippen LogP contribution in [0.5, 0.6) is 0 Å². The predicted molar refractivity (Wildman–Crippen MR) is 58.8 cm³/mol. The molecule has 0 aromatic heterocycles. The second kappa shape index (κ2) is 5.31. The van der Waals surface area contributed by atoms with Gasteiger partial charge in [-0.3, -0.25) is 14.9 Å². The minimum atomic E-state index is -0.470. The number of rotatable bonds is 3. The molecule has 0 aliphatic carbocycles. The Kier molecular flexibility index (Phi) is 4.05.